The molecule has 0 radical (unpaired) electrons. The van der Waals surface area contributed by atoms with Crippen LogP contribution in [0.2, 0.25) is 0 Å². The molecule has 0 aliphatic carbocycles. The van der Waals surface area contributed by atoms with E-state index < -0.39 is 5.60 Å². The minimum Gasteiger partial charge on any atom is -0.460 e. The van der Waals surface area contributed by atoms with Crippen LogP contribution in [0.25, 0.3) is 0 Å². The number of esters is 1. The van der Waals surface area contributed by atoms with Gasteiger partial charge in [-0.15, -0.1) is 0 Å². The number of benzene rings is 1. The number of hydrogen-bond donors (Lipinski definition) is 2. The van der Waals surface area contributed by atoms with Crippen molar-refractivity contribution in [1.82, 2.24) is 0 Å². The van der Waals surface area contributed by atoms with E-state index in [1.807, 2.05) is 20.8 Å². The summed E-state index contributed by atoms with van der Waals surface area (Å²) >= 11 is 0. The fourth-order valence-corrected chi connectivity index (χ4v) is 1.41. The van der Waals surface area contributed by atoms with Gasteiger partial charge in [0, 0.05) is 17.5 Å². The summed E-state index contributed by atoms with van der Waals surface area (Å²) in [7, 11) is 0. The summed E-state index contributed by atoms with van der Waals surface area (Å²) in [5.41, 5.74) is 7.20. The SMILES string of the molecule is CC(C)(C)OC(=O)Cc1ccc(C=N)c(N)c1. The van der Waals surface area contributed by atoms with Gasteiger partial charge >= 0.3 is 5.97 Å². The summed E-state index contributed by atoms with van der Waals surface area (Å²) in [6, 6.07) is 5.20. The molecule has 0 aromatic heterocycles. The average Bonchev–Trinajstić information content (AvgIpc) is 2.14. The standard InChI is InChI=1S/C13H18N2O2/c1-13(2,3)17-12(16)7-9-4-5-10(8-14)11(15)6-9/h4-6,8,14H,7,15H2,1-3H3. The van der Waals surface area contributed by atoms with Gasteiger partial charge in [0.05, 0.1) is 6.42 Å². The second-order valence-electron chi connectivity index (χ2n) is 4.87. The number of nitrogens with two attached hydrogens (primary N) is 1. The van der Waals surface area contributed by atoms with Crippen LogP contribution in [-0.2, 0) is 16.0 Å². The molecule has 0 atom stereocenters. The Morgan fingerprint density at radius 2 is 2.12 bits per heavy atom. The van der Waals surface area contributed by atoms with Gasteiger partial charge in [0.25, 0.3) is 0 Å². The van der Waals surface area contributed by atoms with Crippen molar-refractivity contribution in [3.63, 3.8) is 0 Å². The number of anilines is 1. The summed E-state index contributed by atoms with van der Waals surface area (Å²) in [5.74, 6) is -0.278. The molecule has 1 rings (SSSR count). The van der Waals surface area contributed by atoms with E-state index in [0.29, 0.717) is 11.3 Å². The zero-order valence-electron chi connectivity index (χ0n) is 10.4. The second-order valence-corrected chi connectivity index (χ2v) is 4.87. The largest absolute Gasteiger partial charge is 0.460 e. The highest BCUT2D eigenvalue weighted by molar-refractivity contribution is 5.85. The van der Waals surface area contributed by atoms with E-state index in [9.17, 15) is 4.79 Å². The molecule has 1 aromatic carbocycles. The number of hydrogen-bond acceptors (Lipinski definition) is 4. The van der Waals surface area contributed by atoms with Crippen LogP contribution < -0.4 is 5.73 Å². The van der Waals surface area contributed by atoms with Crippen molar-refractivity contribution in [2.45, 2.75) is 32.8 Å². The fraction of sp³-hybridized carbons (Fsp3) is 0.385. The highest BCUT2D eigenvalue weighted by Gasteiger charge is 2.16. The van der Waals surface area contributed by atoms with E-state index in [-0.39, 0.29) is 12.4 Å². The number of ether oxygens (including phenoxy) is 1. The summed E-state index contributed by atoms with van der Waals surface area (Å²) in [4.78, 5) is 11.6. The van der Waals surface area contributed by atoms with Crippen molar-refractivity contribution >= 4 is 17.9 Å². The lowest BCUT2D eigenvalue weighted by Gasteiger charge is -2.19. The van der Waals surface area contributed by atoms with Crippen LogP contribution >= 0.6 is 0 Å². The first-order chi connectivity index (χ1) is 7.81. The van der Waals surface area contributed by atoms with Crippen LogP contribution in [-0.4, -0.2) is 17.8 Å². The number of nitrogens with one attached hydrogen (secondary N) is 1. The molecule has 0 amide bonds. The van der Waals surface area contributed by atoms with Crippen molar-refractivity contribution in [2.24, 2.45) is 0 Å². The van der Waals surface area contributed by atoms with E-state index in [1.165, 1.54) is 6.21 Å². The van der Waals surface area contributed by atoms with Crippen LogP contribution in [0.4, 0.5) is 5.69 Å². The molecule has 92 valence electrons. The first-order valence-corrected chi connectivity index (χ1v) is 5.42. The summed E-state index contributed by atoms with van der Waals surface area (Å²) < 4.78 is 5.21. The smallest absolute Gasteiger partial charge is 0.310 e. The Morgan fingerprint density at radius 3 is 2.59 bits per heavy atom. The first-order valence-electron chi connectivity index (χ1n) is 5.42. The van der Waals surface area contributed by atoms with Crippen molar-refractivity contribution in [2.75, 3.05) is 5.73 Å². The average molecular weight is 234 g/mol. The van der Waals surface area contributed by atoms with Crippen molar-refractivity contribution in [3.05, 3.63) is 29.3 Å². The third-order valence-corrected chi connectivity index (χ3v) is 2.08. The molecular weight excluding hydrogens is 216 g/mol. The van der Waals surface area contributed by atoms with E-state index in [0.717, 1.165) is 5.56 Å². The number of nitrogen functional groups attached to an aromatic ring is 1. The molecule has 0 fully saturated rings. The minimum absolute atomic E-state index is 0.194. The zero-order valence-corrected chi connectivity index (χ0v) is 10.4. The van der Waals surface area contributed by atoms with E-state index >= 15 is 0 Å². The molecule has 4 heteroatoms. The molecular formula is C13H18N2O2. The molecule has 1 aromatic rings. The van der Waals surface area contributed by atoms with Gasteiger partial charge in [-0.05, 0) is 32.4 Å². The number of carbonyl (C=O) groups is 1. The maximum Gasteiger partial charge on any atom is 0.310 e. The predicted molar refractivity (Wildman–Crippen MR) is 68.3 cm³/mol. The Bertz CT molecular complexity index is 434. The molecule has 0 bridgehead atoms. The van der Waals surface area contributed by atoms with Gasteiger partial charge in [0.1, 0.15) is 5.60 Å². The van der Waals surface area contributed by atoms with Crippen LogP contribution in [0.15, 0.2) is 18.2 Å². The maximum absolute atomic E-state index is 11.6. The van der Waals surface area contributed by atoms with Gasteiger partial charge in [-0.3, -0.25) is 4.79 Å². The first kappa shape index (κ1) is 13.2. The summed E-state index contributed by atoms with van der Waals surface area (Å²) in [5, 5.41) is 7.12. The molecule has 0 unspecified atom stereocenters. The van der Waals surface area contributed by atoms with Crippen molar-refractivity contribution in [1.29, 1.82) is 5.41 Å². The second kappa shape index (κ2) is 4.99. The normalized spacial score (nSPS) is 11.0. The molecule has 0 aliphatic heterocycles. The van der Waals surface area contributed by atoms with Gasteiger partial charge in [-0.25, -0.2) is 0 Å². The van der Waals surface area contributed by atoms with E-state index in [1.54, 1.807) is 18.2 Å². The molecule has 0 spiro atoms. The Balaban J connectivity index is 2.73. The Hall–Kier alpha value is -1.84. The van der Waals surface area contributed by atoms with Gasteiger partial charge < -0.3 is 15.9 Å². The van der Waals surface area contributed by atoms with Gasteiger partial charge in [0.15, 0.2) is 0 Å². The lowest BCUT2D eigenvalue weighted by molar-refractivity contribution is -0.153. The van der Waals surface area contributed by atoms with E-state index in [2.05, 4.69) is 0 Å². The number of carbonyl (C=O) groups excluding carboxylic acids is 1. The fourth-order valence-electron chi connectivity index (χ4n) is 1.41. The molecule has 3 N–H and O–H groups in total. The Kier molecular flexibility index (Phi) is 3.89. The quantitative estimate of drug-likeness (QED) is 0.478. The lowest BCUT2D eigenvalue weighted by atomic mass is 10.1. The van der Waals surface area contributed by atoms with Crippen LogP contribution in [0.3, 0.4) is 0 Å². The highest BCUT2D eigenvalue weighted by atomic mass is 16.6. The Morgan fingerprint density at radius 1 is 1.47 bits per heavy atom. The summed E-state index contributed by atoms with van der Waals surface area (Å²) in [6.07, 6.45) is 1.38. The molecule has 0 heterocycles. The van der Waals surface area contributed by atoms with Crippen LogP contribution in [0.1, 0.15) is 31.9 Å². The number of rotatable bonds is 3. The van der Waals surface area contributed by atoms with Crippen LogP contribution in [0, 0.1) is 5.41 Å². The third kappa shape index (κ3) is 4.26. The van der Waals surface area contributed by atoms with E-state index in [4.69, 9.17) is 15.9 Å². The third-order valence-electron chi connectivity index (χ3n) is 2.08. The topological polar surface area (TPSA) is 76.2 Å². The zero-order chi connectivity index (χ0) is 13.1. The van der Waals surface area contributed by atoms with Crippen molar-refractivity contribution < 1.29 is 9.53 Å². The van der Waals surface area contributed by atoms with Gasteiger partial charge in [-0.2, -0.15) is 0 Å². The maximum atomic E-state index is 11.6. The van der Waals surface area contributed by atoms with Crippen LogP contribution in [0.5, 0.6) is 0 Å². The van der Waals surface area contributed by atoms with Gasteiger partial charge in [0.2, 0.25) is 0 Å². The summed E-state index contributed by atoms with van der Waals surface area (Å²) in [6.45, 7) is 5.49. The lowest BCUT2D eigenvalue weighted by Crippen LogP contribution is -2.24. The van der Waals surface area contributed by atoms with Crippen molar-refractivity contribution in [3.8, 4) is 0 Å². The molecule has 0 aliphatic rings. The minimum atomic E-state index is -0.475. The molecule has 4 nitrogen and oxygen atoms in total. The van der Waals surface area contributed by atoms with Gasteiger partial charge in [-0.1, -0.05) is 12.1 Å². The Labute approximate surface area is 101 Å². The highest BCUT2D eigenvalue weighted by Crippen LogP contribution is 2.15. The molecule has 17 heavy (non-hydrogen) atoms. The molecule has 0 saturated carbocycles. The predicted octanol–water partition coefficient (Wildman–Crippen LogP) is 2.15. The monoisotopic (exact) mass is 234 g/mol. The molecule has 0 saturated heterocycles.